The molecule has 0 spiro atoms. The van der Waals surface area contributed by atoms with Crippen molar-refractivity contribution >= 4 is 5.82 Å². The molecule has 0 radical (unpaired) electrons. The Morgan fingerprint density at radius 2 is 2.20 bits per heavy atom. The molecule has 104 valence electrons. The first-order chi connectivity index (χ1) is 9.81. The summed E-state index contributed by atoms with van der Waals surface area (Å²) in [5, 5.41) is 3.30. The van der Waals surface area contributed by atoms with Crippen LogP contribution in [0.2, 0.25) is 0 Å². The summed E-state index contributed by atoms with van der Waals surface area (Å²) in [5.41, 5.74) is 3.65. The van der Waals surface area contributed by atoms with Gasteiger partial charge in [-0.05, 0) is 31.4 Å². The molecule has 3 rings (SSSR count). The van der Waals surface area contributed by atoms with E-state index in [0.717, 1.165) is 43.1 Å². The lowest BCUT2D eigenvalue weighted by Crippen LogP contribution is -2.09. The molecule has 2 aromatic rings. The molecule has 2 aromatic heterocycles. The van der Waals surface area contributed by atoms with E-state index in [-0.39, 0.29) is 0 Å². The van der Waals surface area contributed by atoms with Crippen molar-refractivity contribution in [3.63, 3.8) is 0 Å². The molecule has 1 aliphatic carbocycles. The average molecular weight is 268 g/mol. The zero-order valence-electron chi connectivity index (χ0n) is 12.1. The van der Waals surface area contributed by atoms with Crippen molar-refractivity contribution in [3.05, 3.63) is 47.2 Å². The summed E-state index contributed by atoms with van der Waals surface area (Å²) < 4.78 is 0. The third-order valence-electron chi connectivity index (χ3n) is 3.78. The van der Waals surface area contributed by atoms with E-state index < -0.39 is 0 Å². The molecule has 1 N–H and O–H groups in total. The van der Waals surface area contributed by atoms with E-state index in [0.29, 0.717) is 5.92 Å². The fourth-order valence-corrected chi connectivity index (χ4v) is 2.83. The Labute approximate surface area is 119 Å². The van der Waals surface area contributed by atoms with Crippen molar-refractivity contribution in [2.24, 2.45) is 0 Å². The van der Waals surface area contributed by atoms with Gasteiger partial charge in [0.15, 0.2) is 0 Å². The Morgan fingerprint density at radius 1 is 1.30 bits per heavy atom. The van der Waals surface area contributed by atoms with Gasteiger partial charge in [-0.15, -0.1) is 0 Å². The van der Waals surface area contributed by atoms with Crippen LogP contribution in [0.25, 0.3) is 0 Å². The van der Waals surface area contributed by atoms with Crippen LogP contribution in [0.5, 0.6) is 0 Å². The molecule has 0 aromatic carbocycles. The third-order valence-corrected chi connectivity index (χ3v) is 3.78. The van der Waals surface area contributed by atoms with Crippen molar-refractivity contribution in [2.45, 2.75) is 39.0 Å². The van der Waals surface area contributed by atoms with Crippen molar-refractivity contribution in [3.8, 4) is 0 Å². The molecular weight excluding hydrogens is 248 g/mol. The van der Waals surface area contributed by atoms with Gasteiger partial charge in [-0.1, -0.05) is 13.0 Å². The van der Waals surface area contributed by atoms with Gasteiger partial charge in [0.05, 0.1) is 11.4 Å². The molecule has 0 saturated carbocycles. The summed E-state index contributed by atoms with van der Waals surface area (Å²) in [4.78, 5) is 13.8. The number of pyridine rings is 1. The summed E-state index contributed by atoms with van der Waals surface area (Å²) in [7, 11) is 0. The van der Waals surface area contributed by atoms with Crippen molar-refractivity contribution in [1.82, 2.24) is 15.0 Å². The van der Waals surface area contributed by atoms with Gasteiger partial charge in [-0.3, -0.25) is 4.98 Å². The first-order valence-electron chi connectivity index (χ1n) is 7.37. The number of fused-ring (bicyclic) bond motifs is 1. The van der Waals surface area contributed by atoms with E-state index in [1.165, 1.54) is 11.3 Å². The lowest BCUT2D eigenvalue weighted by molar-refractivity contribution is 0.730. The molecule has 0 bridgehead atoms. The van der Waals surface area contributed by atoms with Gasteiger partial charge in [0, 0.05) is 31.1 Å². The zero-order valence-corrected chi connectivity index (χ0v) is 12.1. The number of aryl methyl sites for hydroxylation is 2. The van der Waals surface area contributed by atoms with Crippen LogP contribution >= 0.6 is 0 Å². The van der Waals surface area contributed by atoms with Crippen LogP contribution in [-0.2, 0) is 12.8 Å². The van der Waals surface area contributed by atoms with Crippen molar-refractivity contribution in [2.75, 3.05) is 11.9 Å². The smallest absolute Gasteiger partial charge is 0.130 e. The van der Waals surface area contributed by atoms with Crippen LogP contribution in [0, 0.1) is 0 Å². The highest BCUT2D eigenvalue weighted by Gasteiger charge is 2.26. The second-order valence-corrected chi connectivity index (χ2v) is 5.12. The molecule has 1 atom stereocenters. The highest BCUT2D eigenvalue weighted by atomic mass is 15.0. The molecule has 1 aliphatic rings. The van der Waals surface area contributed by atoms with Crippen LogP contribution in [-0.4, -0.2) is 21.5 Å². The first kappa shape index (κ1) is 13.0. The average Bonchev–Trinajstić information content (AvgIpc) is 2.91. The maximum atomic E-state index is 4.72. The minimum Gasteiger partial charge on any atom is -0.370 e. The fourth-order valence-electron chi connectivity index (χ4n) is 2.83. The Bertz CT molecular complexity index is 609. The highest BCUT2D eigenvalue weighted by molar-refractivity contribution is 5.42. The van der Waals surface area contributed by atoms with Gasteiger partial charge in [-0.2, -0.15) is 0 Å². The number of hydrogen-bond acceptors (Lipinski definition) is 4. The fraction of sp³-hybridized carbons (Fsp3) is 0.438. The van der Waals surface area contributed by atoms with Gasteiger partial charge in [-0.25, -0.2) is 9.97 Å². The topological polar surface area (TPSA) is 50.7 Å². The van der Waals surface area contributed by atoms with Gasteiger partial charge >= 0.3 is 0 Å². The first-order valence-corrected chi connectivity index (χ1v) is 7.37. The van der Waals surface area contributed by atoms with Crippen LogP contribution in [0.15, 0.2) is 24.4 Å². The van der Waals surface area contributed by atoms with Crippen LogP contribution in [0.4, 0.5) is 5.82 Å². The van der Waals surface area contributed by atoms with Crippen molar-refractivity contribution < 1.29 is 0 Å². The monoisotopic (exact) mass is 268 g/mol. The van der Waals surface area contributed by atoms with Crippen LogP contribution in [0.1, 0.15) is 49.0 Å². The maximum Gasteiger partial charge on any atom is 0.130 e. The summed E-state index contributed by atoms with van der Waals surface area (Å²) >= 11 is 0. The lowest BCUT2D eigenvalue weighted by Gasteiger charge is -2.13. The summed E-state index contributed by atoms with van der Waals surface area (Å²) in [6.45, 7) is 5.05. The minimum absolute atomic E-state index is 0.317. The number of nitrogens with zero attached hydrogens (tertiary/aromatic N) is 3. The van der Waals surface area contributed by atoms with E-state index in [4.69, 9.17) is 4.98 Å². The molecule has 20 heavy (non-hydrogen) atoms. The number of hydrogen-bond donors (Lipinski definition) is 1. The van der Waals surface area contributed by atoms with Crippen LogP contribution in [0.3, 0.4) is 0 Å². The number of aromatic nitrogens is 3. The van der Waals surface area contributed by atoms with Gasteiger partial charge in [0.25, 0.3) is 0 Å². The lowest BCUT2D eigenvalue weighted by atomic mass is 10.0. The molecule has 2 heterocycles. The van der Waals surface area contributed by atoms with Crippen molar-refractivity contribution in [1.29, 1.82) is 0 Å². The largest absolute Gasteiger partial charge is 0.370 e. The standard InChI is InChI=1S/C16H20N4/c1-3-14-19-13(10-15(20-14)17-4-2)12-8-7-11-6-5-9-18-16(11)12/h5-6,9-10,12H,3-4,7-8H2,1-2H3,(H,17,19,20). The Balaban J connectivity index is 2.00. The van der Waals surface area contributed by atoms with E-state index in [1.807, 2.05) is 12.3 Å². The second-order valence-electron chi connectivity index (χ2n) is 5.12. The number of anilines is 1. The van der Waals surface area contributed by atoms with Gasteiger partial charge < -0.3 is 5.32 Å². The third kappa shape index (κ3) is 2.38. The van der Waals surface area contributed by atoms with E-state index in [9.17, 15) is 0 Å². The molecular formula is C16H20N4. The molecule has 0 fully saturated rings. The molecule has 4 heteroatoms. The molecule has 0 aliphatic heterocycles. The van der Waals surface area contributed by atoms with E-state index in [2.05, 4.69) is 41.3 Å². The van der Waals surface area contributed by atoms with E-state index in [1.54, 1.807) is 0 Å². The minimum atomic E-state index is 0.317. The normalized spacial score (nSPS) is 17.0. The molecule has 4 nitrogen and oxygen atoms in total. The predicted octanol–water partition coefficient (Wildman–Crippen LogP) is 2.94. The number of rotatable bonds is 4. The Kier molecular flexibility index (Phi) is 3.63. The summed E-state index contributed by atoms with van der Waals surface area (Å²) in [5.74, 6) is 2.15. The maximum absolute atomic E-state index is 4.72. The molecule has 1 unspecified atom stereocenters. The number of nitrogens with one attached hydrogen (secondary N) is 1. The SMILES string of the molecule is CCNc1cc(C2CCc3cccnc32)nc(CC)n1. The summed E-state index contributed by atoms with van der Waals surface area (Å²) in [6, 6.07) is 6.27. The van der Waals surface area contributed by atoms with Crippen LogP contribution < -0.4 is 5.32 Å². The van der Waals surface area contributed by atoms with Gasteiger partial charge in [0.1, 0.15) is 11.6 Å². The van der Waals surface area contributed by atoms with Gasteiger partial charge in [0.2, 0.25) is 0 Å². The molecule has 0 saturated heterocycles. The highest BCUT2D eigenvalue weighted by Crippen LogP contribution is 2.36. The quantitative estimate of drug-likeness (QED) is 0.926. The van der Waals surface area contributed by atoms with E-state index >= 15 is 0 Å². The summed E-state index contributed by atoms with van der Waals surface area (Å²) in [6.07, 6.45) is 4.92. The second kappa shape index (κ2) is 5.57. The molecule has 0 amide bonds. The Morgan fingerprint density at radius 3 is 3.00 bits per heavy atom. The predicted molar refractivity (Wildman–Crippen MR) is 80.0 cm³/mol. The Hall–Kier alpha value is -1.97. The zero-order chi connectivity index (χ0) is 13.9.